The number of nitrogens with two attached hydrogens (primary N) is 1. The number of anilines is 1. The molecule has 5 heteroatoms. The molecule has 4 nitrogen and oxygen atoms in total. The van der Waals surface area contributed by atoms with E-state index >= 15 is 0 Å². The summed E-state index contributed by atoms with van der Waals surface area (Å²) in [5.74, 6) is -0.558. The topological polar surface area (TPSA) is 64.3 Å². The lowest BCUT2D eigenvalue weighted by Gasteiger charge is -2.12. The average Bonchev–Trinajstić information content (AvgIpc) is 2.79. The predicted molar refractivity (Wildman–Crippen MR) is 66.8 cm³/mol. The van der Waals surface area contributed by atoms with E-state index in [1.54, 1.807) is 12.2 Å². The first-order valence-electron chi connectivity index (χ1n) is 5.68. The third-order valence-electron chi connectivity index (χ3n) is 2.88. The van der Waals surface area contributed by atoms with E-state index in [9.17, 15) is 9.18 Å². The van der Waals surface area contributed by atoms with E-state index < -0.39 is 5.82 Å². The van der Waals surface area contributed by atoms with Gasteiger partial charge in [0.1, 0.15) is 11.6 Å². The summed E-state index contributed by atoms with van der Waals surface area (Å²) >= 11 is 0. The molecule has 1 aliphatic rings. The van der Waals surface area contributed by atoms with E-state index in [4.69, 9.17) is 10.5 Å². The number of halogens is 1. The molecule has 0 heterocycles. The molecule has 0 bridgehead atoms. The Morgan fingerprint density at radius 1 is 1.50 bits per heavy atom. The Morgan fingerprint density at radius 3 is 2.89 bits per heavy atom. The van der Waals surface area contributed by atoms with Gasteiger partial charge in [0.15, 0.2) is 0 Å². The van der Waals surface area contributed by atoms with Crippen LogP contribution in [0.3, 0.4) is 0 Å². The van der Waals surface area contributed by atoms with E-state index in [1.807, 2.05) is 0 Å². The number of benzene rings is 1. The summed E-state index contributed by atoms with van der Waals surface area (Å²) in [5.41, 5.74) is 5.79. The minimum Gasteiger partial charge on any atom is -0.497 e. The summed E-state index contributed by atoms with van der Waals surface area (Å²) in [4.78, 5) is 11.9. The fourth-order valence-corrected chi connectivity index (χ4v) is 1.87. The van der Waals surface area contributed by atoms with Crippen molar-refractivity contribution in [1.82, 2.24) is 0 Å². The highest BCUT2D eigenvalue weighted by molar-refractivity contribution is 5.94. The van der Waals surface area contributed by atoms with Crippen LogP contribution in [0.5, 0.6) is 5.75 Å². The lowest BCUT2D eigenvalue weighted by atomic mass is 10.1. The van der Waals surface area contributed by atoms with Crippen molar-refractivity contribution in [3.05, 3.63) is 36.2 Å². The fourth-order valence-electron chi connectivity index (χ4n) is 1.87. The van der Waals surface area contributed by atoms with Crippen molar-refractivity contribution < 1.29 is 13.9 Å². The second-order valence-corrected chi connectivity index (χ2v) is 4.23. The van der Waals surface area contributed by atoms with E-state index in [0.717, 1.165) is 0 Å². The molecule has 96 valence electrons. The van der Waals surface area contributed by atoms with Gasteiger partial charge in [0.05, 0.1) is 18.7 Å². The Morgan fingerprint density at radius 2 is 2.28 bits per heavy atom. The monoisotopic (exact) mass is 250 g/mol. The zero-order valence-corrected chi connectivity index (χ0v) is 10.0. The first-order valence-corrected chi connectivity index (χ1v) is 5.68. The summed E-state index contributed by atoms with van der Waals surface area (Å²) in [6.45, 7) is 0. The minimum atomic E-state index is -0.490. The summed E-state index contributed by atoms with van der Waals surface area (Å²) in [7, 11) is 1.48. The second kappa shape index (κ2) is 5.18. The first-order chi connectivity index (χ1) is 8.60. The highest BCUT2D eigenvalue weighted by Crippen LogP contribution is 2.23. The molecule has 0 fully saturated rings. The molecule has 2 unspecified atom stereocenters. The molecule has 1 aromatic carbocycles. The van der Waals surface area contributed by atoms with Gasteiger partial charge in [0.25, 0.3) is 0 Å². The number of amides is 1. The van der Waals surface area contributed by atoms with E-state index in [1.165, 1.54) is 25.3 Å². The van der Waals surface area contributed by atoms with Gasteiger partial charge < -0.3 is 15.8 Å². The lowest BCUT2D eigenvalue weighted by Crippen LogP contribution is -2.24. The van der Waals surface area contributed by atoms with Crippen LogP contribution in [-0.4, -0.2) is 19.1 Å². The van der Waals surface area contributed by atoms with Crippen molar-refractivity contribution in [2.45, 2.75) is 12.5 Å². The molecule has 0 saturated heterocycles. The quantitative estimate of drug-likeness (QED) is 0.802. The van der Waals surface area contributed by atoms with Gasteiger partial charge in [0.2, 0.25) is 5.91 Å². The summed E-state index contributed by atoms with van der Waals surface area (Å²) < 4.78 is 18.5. The Bertz CT molecular complexity index is 488. The van der Waals surface area contributed by atoms with Crippen molar-refractivity contribution >= 4 is 11.6 Å². The molecule has 3 N–H and O–H groups in total. The third-order valence-corrected chi connectivity index (χ3v) is 2.88. The minimum absolute atomic E-state index is 0.101. The zero-order valence-electron chi connectivity index (χ0n) is 10.0. The van der Waals surface area contributed by atoms with E-state index in [0.29, 0.717) is 12.2 Å². The molecule has 1 amide bonds. The lowest BCUT2D eigenvalue weighted by molar-refractivity contribution is -0.118. The molecule has 0 radical (unpaired) electrons. The van der Waals surface area contributed by atoms with Crippen LogP contribution in [0.25, 0.3) is 0 Å². The van der Waals surface area contributed by atoms with Gasteiger partial charge in [-0.2, -0.15) is 0 Å². The molecule has 1 aliphatic carbocycles. The number of ether oxygens (including phenoxy) is 1. The zero-order chi connectivity index (χ0) is 13.1. The van der Waals surface area contributed by atoms with E-state index in [2.05, 4.69) is 5.32 Å². The second-order valence-electron chi connectivity index (χ2n) is 4.23. The van der Waals surface area contributed by atoms with Gasteiger partial charge in [-0.3, -0.25) is 4.79 Å². The number of carbonyl (C=O) groups is 1. The number of carbonyl (C=O) groups excluding carboxylic acids is 1. The van der Waals surface area contributed by atoms with Gasteiger partial charge in [0, 0.05) is 12.1 Å². The number of nitrogens with one attached hydrogen (secondary N) is 1. The molecule has 0 aromatic heterocycles. The van der Waals surface area contributed by atoms with Crippen LogP contribution in [0.1, 0.15) is 6.42 Å². The van der Waals surface area contributed by atoms with E-state index in [-0.39, 0.29) is 23.6 Å². The van der Waals surface area contributed by atoms with Crippen LogP contribution < -0.4 is 15.8 Å². The molecule has 0 aliphatic heterocycles. The Labute approximate surface area is 105 Å². The van der Waals surface area contributed by atoms with Gasteiger partial charge in [-0.05, 0) is 18.6 Å². The molecular formula is C13H15FN2O2. The first kappa shape index (κ1) is 12.6. The normalized spacial score (nSPS) is 21.9. The highest BCUT2D eigenvalue weighted by atomic mass is 19.1. The van der Waals surface area contributed by atoms with Crippen LogP contribution in [0.2, 0.25) is 0 Å². The number of hydrogen-bond donors (Lipinski definition) is 2. The Hall–Kier alpha value is -1.88. The molecular weight excluding hydrogens is 235 g/mol. The van der Waals surface area contributed by atoms with Crippen molar-refractivity contribution in [3.63, 3.8) is 0 Å². The van der Waals surface area contributed by atoms with Gasteiger partial charge in [-0.15, -0.1) is 0 Å². The molecule has 0 spiro atoms. The van der Waals surface area contributed by atoms with Crippen LogP contribution in [0.15, 0.2) is 30.4 Å². The Kier molecular flexibility index (Phi) is 3.62. The highest BCUT2D eigenvalue weighted by Gasteiger charge is 2.23. The van der Waals surface area contributed by atoms with Crippen molar-refractivity contribution in [3.8, 4) is 5.75 Å². The molecule has 1 aromatic rings. The van der Waals surface area contributed by atoms with Crippen molar-refractivity contribution in [2.24, 2.45) is 11.7 Å². The number of hydrogen-bond acceptors (Lipinski definition) is 3. The van der Waals surface area contributed by atoms with Crippen LogP contribution in [0, 0.1) is 11.7 Å². The Balaban J connectivity index is 2.09. The average molecular weight is 250 g/mol. The van der Waals surface area contributed by atoms with Crippen molar-refractivity contribution in [1.29, 1.82) is 0 Å². The standard InChI is InChI=1S/C13H15FN2O2/c1-18-10-4-5-11(14)12(7-10)16-13(17)8-2-3-9(15)6-8/h2-5,7-9H,6,15H2,1H3,(H,16,17). The molecule has 0 saturated carbocycles. The number of rotatable bonds is 3. The smallest absolute Gasteiger partial charge is 0.231 e. The summed E-state index contributed by atoms with van der Waals surface area (Å²) in [5, 5.41) is 2.55. The predicted octanol–water partition coefficient (Wildman–Crippen LogP) is 1.68. The summed E-state index contributed by atoms with van der Waals surface area (Å²) in [6, 6.07) is 4.10. The van der Waals surface area contributed by atoms with Crippen LogP contribution >= 0.6 is 0 Å². The SMILES string of the molecule is COc1ccc(F)c(NC(=O)C2C=CC(N)C2)c1. The maximum atomic E-state index is 13.5. The van der Waals surface area contributed by atoms with Crippen LogP contribution in [-0.2, 0) is 4.79 Å². The largest absolute Gasteiger partial charge is 0.497 e. The maximum Gasteiger partial charge on any atom is 0.231 e. The third kappa shape index (κ3) is 2.68. The maximum absolute atomic E-state index is 13.5. The molecule has 2 atom stereocenters. The number of methoxy groups -OCH3 is 1. The van der Waals surface area contributed by atoms with Crippen LogP contribution in [0.4, 0.5) is 10.1 Å². The fraction of sp³-hybridized carbons (Fsp3) is 0.308. The molecule has 2 rings (SSSR count). The van der Waals surface area contributed by atoms with Crippen molar-refractivity contribution in [2.75, 3.05) is 12.4 Å². The van der Waals surface area contributed by atoms with Gasteiger partial charge in [-0.25, -0.2) is 4.39 Å². The molecule has 18 heavy (non-hydrogen) atoms. The van der Waals surface area contributed by atoms with Gasteiger partial charge >= 0.3 is 0 Å². The summed E-state index contributed by atoms with van der Waals surface area (Å²) in [6.07, 6.45) is 4.08. The van der Waals surface area contributed by atoms with Gasteiger partial charge in [-0.1, -0.05) is 12.2 Å².